The van der Waals surface area contributed by atoms with Gasteiger partial charge in [-0.25, -0.2) is 0 Å². The van der Waals surface area contributed by atoms with Gasteiger partial charge in [0.1, 0.15) is 0 Å². The first-order chi connectivity index (χ1) is 22.8. The maximum Gasteiger partial charge on any atom is 0.0514 e. The van der Waals surface area contributed by atoms with Crippen molar-refractivity contribution >= 4 is 24.9 Å². The fourth-order valence-corrected chi connectivity index (χ4v) is 4.40. The highest BCUT2D eigenvalue weighted by Gasteiger charge is 1.95. The summed E-state index contributed by atoms with van der Waals surface area (Å²) in [7, 11) is 0. The molecule has 46 heavy (non-hydrogen) atoms. The van der Waals surface area contributed by atoms with E-state index in [4.69, 9.17) is 0 Å². The molecule has 0 unspecified atom stereocenters. The van der Waals surface area contributed by atoms with Crippen molar-refractivity contribution in [1.29, 1.82) is 0 Å². The smallest absolute Gasteiger partial charge is 0.0514 e. The SMILES string of the molecule is C1#Cc2ccc(cc2)C=NCCNCCN=Cc2ccc(cc2)C#Cc2ccc(cc2)C=NCCNCCN=Cc2ccc1cc2. The molecule has 4 aromatic carbocycles. The molecule has 7 aliphatic rings. The average molecular weight is 603 g/mol. The molecule has 11 rings (SSSR count). The second kappa shape index (κ2) is 18.4. The van der Waals surface area contributed by atoms with Crippen LogP contribution in [0.25, 0.3) is 0 Å². The molecule has 6 heteroatoms. The van der Waals surface area contributed by atoms with Crippen LogP contribution in [0.3, 0.4) is 0 Å². The van der Waals surface area contributed by atoms with Gasteiger partial charge in [0.25, 0.3) is 0 Å². The van der Waals surface area contributed by atoms with Gasteiger partial charge in [-0.1, -0.05) is 72.2 Å². The summed E-state index contributed by atoms with van der Waals surface area (Å²) in [5.74, 6) is 13.0. The molecule has 0 atom stereocenters. The average Bonchev–Trinajstić information content (AvgIpc) is 3.10. The number of aliphatic imine (C=N–C) groups is 4. The lowest BCUT2D eigenvalue weighted by Crippen LogP contribution is -2.20. The molecule has 2 N–H and O–H groups in total. The van der Waals surface area contributed by atoms with Gasteiger partial charge < -0.3 is 10.6 Å². The molecule has 0 spiro atoms. The quantitative estimate of drug-likeness (QED) is 0.277. The highest BCUT2D eigenvalue weighted by Crippen LogP contribution is 2.06. The monoisotopic (exact) mass is 602 g/mol. The molecule has 0 radical (unpaired) electrons. The molecular formula is C40H38N6. The fourth-order valence-electron chi connectivity index (χ4n) is 4.40. The van der Waals surface area contributed by atoms with Gasteiger partial charge in [0, 0.05) is 73.3 Å². The third kappa shape index (κ3) is 11.6. The molecule has 0 saturated carbocycles. The van der Waals surface area contributed by atoms with Crippen molar-refractivity contribution in [2.75, 3.05) is 52.4 Å². The standard InChI is InChI=1S/C40H38N6/c1-2-34-7-15-38(16-8-34)30-44-26-22-42-24-28-46-32-40-19-11-36(12-20-40)4-3-35-9-17-39(18-10-35)31-45-27-23-41-21-25-43-29-37-13-5-33(1)6-14-37/h5-20,29-32,41-42H,21-28H2. The summed E-state index contributed by atoms with van der Waals surface area (Å²) in [6.07, 6.45) is 7.62. The van der Waals surface area contributed by atoms with Crippen LogP contribution in [-0.2, 0) is 0 Å². The lowest BCUT2D eigenvalue weighted by atomic mass is 10.1. The van der Waals surface area contributed by atoms with Gasteiger partial charge in [-0.05, 0) is 70.8 Å². The van der Waals surface area contributed by atoms with E-state index in [2.05, 4.69) is 54.3 Å². The molecule has 7 heterocycles. The van der Waals surface area contributed by atoms with Crippen LogP contribution in [0.1, 0.15) is 44.5 Å². The Balaban J connectivity index is 1.18. The van der Waals surface area contributed by atoms with E-state index in [1.54, 1.807) is 0 Å². The molecule has 4 aromatic rings. The van der Waals surface area contributed by atoms with Gasteiger partial charge in [-0.3, -0.25) is 20.0 Å². The number of nitrogens with one attached hydrogen (secondary N) is 2. The van der Waals surface area contributed by atoms with Crippen LogP contribution < -0.4 is 10.6 Å². The Kier molecular flexibility index (Phi) is 12.8. The summed E-state index contributed by atoms with van der Waals surface area (Å²) in [6.45, 7) is 6.07. The fraction of sp³-hybridized carbons (Fsp3) is 0.200. The van der Waals surface area contributed by atoms with E-state index < -0.39 is 0 Å². The van der Waals surface area contributed by atoms with E-state index in [9.17, 15) is 0 Å². The Morgan fingerprint density at radius 2 is 0.543 bits per heavy atom. The molecule has 228 valence electrons. The number of rotatable bonds is 0. The first-order valence-electron chi connectivity index (χ1n) is 15.7. The lowest BCUT2D eigenvalue weighted by Gasteiger charge is -2.00. The normalized spacial score (nSPS) is 14.6. The Morgan fingerprint density at radius 3 is 0.761 bits per heavy atom. The van der Waals surface area contributed by atoms with Gasteiger partial charge >= 0.3 is 0 Å². The van der Waals surface area contributed by atoms with Crippen molar-refractivity contribution in [3.63, 3.8) is 0 Å². The van der Waals surface area contributed by atoms with Crippen molar-refractivity contribution in [1.82, 2.24) is 10.6 Å². The molecular weight excluding hydrogens is 564 g/mol. The van der Waals surface area contributed by atoms with Crippen molar-refractivity contribution in [3.8, 4) is 23.7 Å². The number of hydrogen-bond donors (Lipinski definition) is 2. The molecule has 6 nitrogen and oxygen atoms in total. The maximum absolute atomic E-state index is 4.53. The van der Waals surface area contributed by atoms with Crippen LogP contribution >= 0.6 is 0 Å². The van der Waals surface area contributed by atoms with Crippen LogP contribution in [-0.4, -0.2) is 77.2 Å². The van der Waals surface area contributed by atoms with E-state index >= 15 is 0 Å². The van der Waals surface area contributed by atoms with Crippen LogP contribution in [0.2, 0.25) is 0 Å². The summed E-state index contributed by atoms with van der Waals surface area (Å²) >= 11 is 0. The summed E-state index contributed by atoms with van der Waals surface area (Å²) < 4.78 is 0. The zero-order chi connectivity index (χ0) is 31.5. The van der Waals surface area contributed by atoms with Crippen LogP contribution in [0.5, 0.6) is 0 Å². The van der Waals surface area contributed by atoms with E-state index in [-0.39, 0.29) is 0 Å². The Labute approximate surface area is 272 Å². The zero-order valence-corrected chi connectivity index (χ0v) is 26.0. The van der Waals surface area contributed by atoms with Crippen molar-refractivity contribution in [3.05, 3.63) is 142 Å². The lowest BCUT2D eigenvalue weighted by molar-refractivity contribution is 0.699. The maximum atomic E-state index is 4.53. The molecule has 7 aliphatic heterocycles. The first-order valence-corrected chi connectivity index (χ1v) is 15.7. The minimum atomic E-state index is 0.712. The van der Waals surface area contributed by atoms with Gasteiger partial charge in [0.2, 0.25) is 0 Å². The predicted octanol–water partition coefficient (Wildman–Crippen LogP) is 5.05. The van der Waals surface area contributed by atoms with Gasteiger partial charge in [0.15, 0.2) is 0 Å². The van der Waals surface area contributed by atoms with Crippen LogP contribution in [0.4, 0.5) is 0 Å². The van der Waals surface area contributed by atoms with E-state index in [0.29, 0.717) is 26.2 Å². The van der Waals surface area contributed by atoms with E-state index in [0.717, 1.165) is 70.7 Å². The Morgan fingerprint density at radius 1 is 0.326 bits per heavy atom. The first kappa shape index (κ1) is 32.0. The molecule has 0 fully saturated rings. The Bertz CT molecular complexity index is 1500. The van der Waals surface area contributed by atoms with Crippen molar-refractivity contribution in [2.45, 2.75) is 0 Å². The highest BCUT2D eigenvalue weighted by molar-refractivity contribution is 5.81. The van der Waals surface area contributed by atoms with E-state index in [1.807, 2.05) is 122 Å². The van der Waals surface area contributed by atoms with Crippen LogP contribution in [0, 0.1) is 23.7 Å². The van der Waals surface area contributed by atoms with Gasteiger partial charge in [-0.2, -0.15) is 0 Å². The number of hydrogen-bond acceptors (Lipinski definition) is 6. The Hall–Kier alpha value is -5.40. The molecule has 8 bridgehead atoms. The summed E-state index contributed by atoms with van der Waals surface area (Å²) in [5, 5.41) is 6.78. The molecule has 0 amide bonds. The number of nitrogens with zero attached hydrogens (tertiary/aromatic N) is 4. The topological polar surface area (TPSA) is 73.5 Å². The third-order valence-electron chi connectivity index (χ3n) is 6.98. The predicted molar refractivity (Wildman–Crippen MR) is 193 cm³/mol. The second-order valence-corrected chi connectivity index (χ2v) is 10.6. The minimum Gasteiger partial charge on any atom is -0.313 e. The zero-order valence-electron chi connectivity index (χ0n) is 26.0. The summed E-state index contributed by atoms with van der Waals surface area (Å²) in [5.41, 5.74) is 8.14. The largest absolute Gasteiger partial charge is 0.313 e. The minimum absolute atomic E-state index is 0.712. The summed E-state index contributed by atoms with van der Waals surface area (Å²) in [4.78, 5) is 18.1. The van der Waals surface area contributed by atoms with Crippen molar-refractivity contribution in [2.24, 2.45) is 20.0 Å². The number of benzene rings is 4. The molecule has 0 aliphatic carbocycles. The van der Waals surface area contributed by atoms with Gasteiger partial charge in [0.05, 0.1) is 26.2 Å². The second-order valence-electron chi connectivity index (χ2n) is 10.6. The highest BCUT2D eigenvalue weighted by atomic mass is 14.9. The molecule has 0 saturated heterocycles. The van der Waals surface area contributed by atoms with Gasteiger partial charge in [-0.15, -0.1) is 0 Å². The van der Waals surface area contributed by atoms with Crippen molar-refractivity contribution < 1.29 is 0 Å². The summed E-state index contributed by atoms with van der Waals surface area (Å²) in [6, 6.07) is 32.6. The van der Waals surface area contributed by atoms with Crippen LogP contribution in [0.15, 0.2) is 117 Å². The molecule has 0 aromatic heterocycles. The third-order valence-corrected chi connectivity index (χ3v) is 6.98. The van der Waals surface area contributed by atoms with E-state index in [1.165, 1.54) is 0 Å².